The molecule has 0 fully saturated rings. The third-order valence-corrected chi connectivity index (χ3v) is 1.91. The van der Waals surface area contributed by atoms with E-state index in [1.807, 2.05) is 0 Å². The van der Waals surface area contributed by atoms with Gasteiger partial charge in [-0.1, -0.05) is 6.07 Å². The van der Waals surface area contributed by atoms with Gasteiger partial charge in [-0.25, -0.2) is 8.78 Å². The summed E-state index contributed by atoms with van der Waals surface area (Å²) in [5, 5.41) is 8.75. The Labute approximate surface area is 84.7 Å². The topological polar surface area (TPSA) is 76.2 Å². The number of pyridine rings is 1. The van der Waals surface area contributed by atoms with Gasteiger partial charge >= 0.3 is 5.97 Å². The number of alkyl halides is 2. The number of hydrogen-bond acceptors (Lipinski definition) is 3. The smallest absolute Gasteiger partial charge is 0.313 e. The SMILES string of the molecule is NCC(C(=O)O)c1cccc(C(F)F)n1. The Bertz CT molecular complexity index is 358. The molecule has 3 N–H and O–H groups in total. The second-order valence-electron chi connectivity index (χ2n) is 2.91. The summed E-state index contributed by atoms with van der Waals surface area (Å²) in [5.41, 5.74) is 4.84. The highest BCUT2D eigenvalue weighted by atomic mass is 19.3. The van der Waals surface area contributed by atoms with Crippen LogP contribution in [-0.2, 0) is 4.79 Å². The van der Waals surface area contributed by atoms with Crippen molar-refractivity contribution < 1.29 is 18.7 Å². The zero-order chi connectivity index (χ0) is 11.4. The third-order valence-electron chi connectivity index (χ3n) is 1.91. The van der Waals surface area contributed by atoms with E-state index in [2.05, 4.69) is 4.98 Å². The summed E-state index contributed by atoms with van der Waals surface area (Å²) in [6.45, 7) is -0.172. The molecule has 0 bridgehead atoms. The van der Waals surface area contributed by atoms with Gasteiger partial charge in [0.05, 0.1) is 5.69 Å². The van der Waals surface area contributed by atoms with Crippen molar-refractivity contribution in [2.24, 2.45) is 5.73 Å². The average molecular weight is 216 g/mol. The monoisotopic (exact) mass is 216 g/mol. The molecule has 0 saturated carbocycles. The highest BCUT2D eigenvalue weighted by Crippen LogP contribution is 2.19. The Morgan fingerprint density at radius 1 is 1.47 bits per heavy atom. The van der Waals surface area contributed by atoms with Gasteiger partial charge in [-0.2, -0.15) is 0 Å². The van der Waals surface area contributed by atoms with Crippen LogP contribution in [0.15, 0.2) is 18.2 Å². The van der Waals surface area contributed by atoms with Gasteiger partial charge in [0, 0.05) is 6.54 Å². The molecule has 0 aliphatic rings. The number of aliphatic carboxylic acids is 1. The van der Waals surface area contributed by atoms with Gasteiger partial charge in [-0.15, -0.1) is 0 Å². The molecule has 0 radical (unpaired) electrons. The van der Waals surface area contributed by atoms with Crippen molar-refractivity contribution >= 4 is 5.97 Å². The van der Waals surface area contributed by atoms with Crippen LogP contribution >= 0.6 is 0 Å². The Morgan fingerprint density at radius 2 is 2.07 bits per heavy atom. The summed E-state index contributed by atoms with van der Waals surface area (Å²) in [6, 6.07) is 3.86. The molecule has 0 spiro atoms. The molecule has 0 aromatic carbocycles. The number of carbonyl (C=O) groups is 1. The molecule has 0 amide bonds. The molecular formula is C9H10F2N2O2. The highest BCUT2D eigenvalue weighted by Gasteiger charge is 2.20. The van der Waals surface area contributed by atoms with Crippen molar-refractivity contribution in [1.29, 1.82) is 0 Å². The molecule has 6 heteroatoms. The number of halogens is 2. The number of carboxylic acids is 1. The normalized spacial score (nSPS) is 12.8. The molecule has 15 heavy (non-hydrogen) atoms. The summed E-state index contributed by atoms with van der Waals surface area (Å²) in [5.74, 6) is -2.21. The largest absolute Gasteiger partial charge is 0.481 e. The first-order valence-corrected chi connectivity index (χ1v) is 4.24. The highest BCUT2D eigenvalue weighted by molar-refractivity contribution is 5.75. The predicted octanol–water partition coefficient (Wildman–Crippen LogP) is 1.15. The maximum absolute atomic E-state index is 12.3. The van der Waals surface area contributed by atoms with Crippen molar-refractivity contribution in [3.8, 4) is 0 Å². The minimum absolute atomic E-state index is 0.0581. The first kappa shape index (κ1) is 11.5. The van der Waals surface area contributed by atoms with Gasteiger partial charge < -0.3 is 10.8 Å². The lowest BCUT2D eigenvalue weighted by Crippen LogP contribution is -2.22. The number of rotatable bonds is 4. The molecule has 1 aromatic heterocycles. The Kier molecular flexibility index (Phi) is 3.68. The Hall–Kier alpha value is -1.56. The second kappa shape index (κ2) is 4.79. The van der Waals surface area contributed by atoms with Gasteiger partial charge in [0.15, 0.2) is 0 Å². The van der Waals surface area contributed by atoms with Crippen LogP contribution in [0, 0.1) is 0 Å². The second-order valence-corrected chi connectivity index (χ2v) is 2.91. The first-order chi connectivity index (χ1) is 7.06. The van der Waals surface area contributed by atoms with Crippen LogP contribution in [0.4, 0.5) is 8.78 Å². The Morgan fingerprint density at radius 3 is 2.53 bits per heavy atom. The predicted molar refractivity (Wildman–Crippen MR) is 48.6 cm³/mol. The van der Waals surface area contributed by atoms with E-state index in [-0.39, 0.29) is 12.2 Å². The molecule has 1 unspecified atom stereocenters. The lowest BCUT2D eigenvalue weighted by Gasteiger charge is -2.09. The van der Waals surface area contributed by atoms with Crippen LogP contribution in [0.3, 0.4) is 0 Å². The van der Waals surface area contributed by atoms with Gasteiger partial charge in [-0.3, -0.25) is 9.78 Å². The molecule has 1 atom stereocenters. The fourth-order valence-electron chi connectivity index (χ4n) is 1.13. The molecule has 4 nitrogen and oxygen atoms in total. The zero-order valence-electron chi connectivity index (χ0n) is 7.73. The van der Waals surface area contributed by atoms with E-state index in [1.54, 1.807) is 0 Å². The number of aromatic nitrogens is 1. The van der Waals surface area contributed by atoms with Gasteiger partial charge in [-0.05, 0) is 12.1 Å². The summed E-state index contributed by atoms with van der Waals surface area (Å²) >= 11 is 0. The van der Waals surface area contributed by atoms with Crippen molar-refractivity contribution in [2.75, 3.05) is 6.54 Å². The summed E-state index contributed by atoms with van der Waals surface area (Å²) < 4.78 is 24.5. The molecule has 0 saturated heterocycles. The molecule has 1 rings (SSSR count). The standard InChI is InChI=1S/C9H10F2N2O2/c10-8(11)7-3-1-2-6(13-7)5(4-12)9(14)15/h1-3,5,8H,4,12H2,(H,14,15). The van der Waals surface area contributed by atoms with Crippen molar-refractivity contribution in [1.82, 2.24) is 4.98 Å². The number of carboxylic acid groups (broad SMARTS) is 1. The first-order valence-electron chi connectivity index (χ1n) is 4.24. The molecule has 0 aliphatic carbocycles. The van der Waals surface area contributed by atoms with E-state index in [0.717, 1.165) is 6.07 Å². The van der Waals surface area contributed by atoms with Gasteiger partial charge in [0.2, 0.25) is 0 Å². The average Bonchev–Trinajstić information content (AvgIpc) is 2.18. The lowest BCUT2D eigenvalue weighted by molar-refractivity contribution is -0.138. The summed E-state index contributed by atoms with van der Waals surface area (Å²) in [6.07, 6.45) is -2.71. The minimum Gasteiger partial charge on any atom is -0.481 e. The van der Waals surface area contributed by atoms with E-state index in [1.165, 1.54) is 12.1 Å². The molecular weight excluding hydrogens is 206 g/mol. The van der Waals surface area contributed by atoms with E-state index in [9.17, 15) is 13.6 Å². The van der Waals surface area contributed by atoms with Gasteiger partial charge in [0.1, 0.15) is 11.6 Å². The van der Waals surface area contributed by atoms with E-state index in [4.69, 9.17) is 10.8 Å². The molecule has 1 heterocycles. The Balaban J connectivity index is 3.03. The molecule has 82 valence electrons. The van der Waals surface area contributed by atoms with E-state index >= 15 is 0 Å². The van der Waals surface area contributed by atoms with Crippen LogP contribution < -0.4 is 5.73 Å². The van der Waals surface area contributed by atoms with Crippen LogP contribution in [0.2, 0.25) is 0 Å². The van der Waals surface area contributed by atoms with Gasteiger partial charge in [0.25, 0.3) is 6.43 Å². The number of hydrogen-bond donors (Lipinski definition) is 2. The van der Waals surface area contributed by atoms with Crippen molar-refractivity contribution in [2.45, 2.75) is 12.3 Å². The van der Waals surface area contributed by atoms with Crippen LogP contribution in [-0.4, -0.2) is 22.6 Å². The fraction of sp³-hybridized carbons (Fsp3) is 0.333. The van der Waals surface area contributed by atoms with Crippen LogP contribution in [0.5, 0.6) is 0 Å². The summed E-state index contributed by atoms with van der Waals surface area (Å²) in [4.78, 5) is 14.3. The lowest BCUT2D eigenvalue weighted by atomic mass is 10.1. The van der Waals surface area contributed by atoms with Crippen LogP contribution in [0.25, 0.3) is 0 Å². The minimum atomic E-state index is -2.71. The zero-order valence-corrected chi connectivity index (χ0v) is 7.73. The number of nitrogens with two attached hydrogens (primary N) is 1. The van der Waals surface area contributed by atoms with E-state index in [0.29, 0.717) is 0 Å². The molecule has 0 aliphatic heterocycles. The number of nitrogens with zero attached hydrogens (tertiary/aromatic N) is 1. The fourth-order valence-corrected chi connectivity index (χ4v) is 1.13. The van der Waals surface area contributed by atoms with Crippen molar-refractivity contribution in [3.05, 3.63) is 29.6 Å². The third kappa shape index (κ3) is 2.69. The maximum Gasteiger partial charge on any atom is 0.313 e. The van der Waals surface area contributed by atoms with Crippen LogP contribution in [0.1, 0.15) is 23.7 Å². The summed E-state index contributed by atoms with van der Waals surface area (Å²) in [7, 11) is 0. The van der Waals surface area contributed by atoms with E-state index < -0.39 is 24.0 Å². The molecule has 1 aromatic rings. The maximum atomic E-state index is 12.3. The quantitative estimate of drug-likeness (QED) is 0.791. The van der Waals surface area contributed by atoms with Crippen molar-refractivity contribution in [3.63, 3.8) is 0 Å².